The van der Waals surface area contributed by atoms with Crippen LogP contribution in [0.5, 0.6) is 0 Å². The molecular weight excluding hydrogens is 240 g/mol. The van der Waals surface area contributed by atoms with Crippen molar-refractivity contribution >= 4 is 5.91 Å². The lowest BCUT2D eigenvalue weighted by molar-refractivity contribution is -0.122. The summed E-state index contributed by atoms with van der Waals surface area (Å²) in [6, 6.07) is 0. The van der Waals surface area contributed by atoms with Crippen molar-refractivity contribution in [1.29, 1.82) is 0 Å². The van der Waals surface area contributed by atoms with E-state index in [-0.39, 0.29) is 5.91 Å². The first kappa shape index (κ1) is 14.1. The Balaban J connectivity index is 1.63. The van der Waals surface area contributed by atoms with E-state index in [4.69, 9.17) is 0 Å². The summed E-state index contributed by atoms with van der Waals surface area (Å²) in [6.45, 7) is 5.83. The highest BCUT2D eigenvalue weighted by Gasteiger charge is 2.21. The zero-order valence-electron chi connectivity index (χ0n) is 11.6. The zero-order chi connectivity index (χ0) is 13.5. The summed E-state index contributed by atoms with van der Waals surface area (Å²) in [5.41, 5.74) is 0. The summed E-state index contributed by atoms with van der Waals surface area (Å²) in [5, 5.41) is 6.39. The Morgan fingerprint density at radius 3 is 3.21 bits per heavy atom. The molecule has 1 fully saturated rings. The maximum Gasteiger partial charge on any atom is 0.220 e. The molecule has 0 saturated carbocycles. The first-order valence-corrected chi connectivity index (χ1v) is 7.19. The predicted octanol–water partition coefficient (Wildman–Crippen LogP) is 1.03. The van der Waals surface area contributed by atoms with Crippen LogP contribution in [0.2, 0.25) is 0 Å². The molecule has 19 heavy (non-hydrogen) atoms. The monoisotopic (exact) mass is 264 g/mol. The fourth-order valence-electron chi connectivity index (χ4n) is 2.64. The van der Waals surface area contributed by atoms with E-state index in [1.165, 1.54) is 12.8 Å². The SMILES string of the molecule is CC(CC(=O)NCCn1ccnc1)C1CCCNC1. The molecular formula is C14H24N4O. The van der Waals surface area contributed by atoms with Crippen LogP contribution in [-0.4, -0.2) is 35.1 Å². The lowest BCUT2D eigenvalue weighted by atomic mass is 9.85. The molecule has 2 N–H and O–H groups in total. The number of imidazole rings is 1. The Morgan fingerprint density at radius 2 is 2.53 bits per heavy atom. The molecule has 0 bridgehead atoms. The van der Waals surface area contributed by atoms with Gasteiger partial charge in [0.15, 0.2) is 0 Å². The molecule has 0 aliphatic carbocycles. The van der Waals surface area contributed by atoms with Crippen molar-refractivity contribution in [2.45, 2.75) is 32.7 Å². The molecule has 2 rings (SSSR count). The number of nitrogens with zero attached hydrogens (tertiary/aromatic N) is 2. The quantitative estimate of drug-likeness (QED) is 0.806. The van der Waals surface area contributed by atoms with Crippen molar-refractivity contribution in [3.8, 4) is 0 Å². The molecule has 1 aromatic rings. The Kier molecular flexibility index (Phi) is 5.39. The number of carbonyl (C=O) groups is 1. The van der Waals surface area contributed by atoms with Crippen LogP contribution in [-0.2, 0) is 11.3 Å². The summed E-state index contributed by atoms with van der Waals surface area (Å²) in [5.74, 6) is 1.27. The molecule has 2 unspecified atom stereocenters. The van der Waals surface area contributed by atoms with Gasteiger partial charge in [-0.15, -0.1) is 0 Å². The highest BCUT2D eigenvalue weighted by atomic mass is 16.1. The number of piperidine rings is 1. The number of hydrogen-bond donors (Lipinski definition) is 2. The largest absolute Gasteiger partial charge is 0.354 e. The third kappa shape index (κ3) is 4.67. The van der Waals surface area contributed by atoms with E-state index in [9.17, 15) is 4.79 Å². The van der Waals surface area contributed by atoms with Crippen LogP contribution in [0.4, 0.5) is 0 Å². The minimum absolute atomic E-state index is 0.165. The zero-order valence-corrected chi connectivity index (χ0v) is 11.6. The van der Waals surface area contributed by atoms with Crippen LogP contribution in [0.1, 0.15) is 26.2 Å². The highest BCUT2D eigenvalue weighted by Crippen LogP contribution is 2.22. The van der Waals surface area contributed by atoms with Crippen LogP contribution >= 0.6 is 0 Å². The predicted molar refractivity (Wildman–Crippen MR) is 74.6 cm³/mol. The molecule has 1 aromatic heterocycles. The normalized spacial score (nSPS) is 21.0. The van der Waals surface area contributed by atoms with Gasteiger partial charge in [0.1, 0.15) is 0 Å². The highest BCUT2D eigenvalue weighted by molar-refractivity contribution is 5.76. The maximum absolute atomic E-state index is 11.9. The van der Waals surface area contributed by atoms with Gasteiger partial charge < -0.3 is 15.2 Å². The minimum Gasteiger partial charge on any atom is -0.354 e. The number of aromatic nitrogens is 2. The van der Waals surface area contributed by atoms with Gasteiger partial charge in [-0.1, -0.05) is 6.92 Å². The van der Waals surface area contributed by atoms with Crippen molar-refractivity contribution in [2.75, 3.05) is 19.6 Å². The van der Waals surface area contributed by atoms with E-state index >= 15 is 0 Å². The number of hydrogen-bond acceptors (Lipinski definition) is 3. The molecule has 106 valence electrons. The molecule has 1 aliphatic rings. The van der Waals surface area contributed by atoms with Crippen LogP contribution in [0, 0.1) is 11.8 Å². The molecule has 5 heteroatoms. The van der Waals surface area contributed by atoms with E-state index in [1.807, 2.05) is 10.8 Å². The average Bonchev–Trinajstić information content (AvgIpc) is 2.93. The summed E-state index contributed by atoms with van der Waals surface area (Å²) in [6.07, 6.45) is 8.54. The van der Waals surface area contributed by atoms with E-state index in [2.05, 4.69) is 22.5 Å². The molecule has 1 amide bonds. The van der Waals surface area contributed by atoms with Crippen LogP contribution < -0.4 is 10.6 Å². The van der Waals surface area contributed by atoms with Gasteiger partial charge in [-0.2, -0.15) is 0 Å². The fourth-order valence-corrected chi connectivity index (χ4v) is 2.64. The van der Waals surface area contributed by atoms with Gasteiger partial charge in [-0.3, -0.25) is 4.79 Å². The van der Waals surface area contributed by atoms with E-state index in [0.717, 1.165) is 19.6 Å². The van der Waals surface area contributed by atoms with E-state index in [0.29, 0.717) is 24.8 Å². The molecule has 0 aromatic carbocycles. The first-order chi connectivity index (χ1) is 9.25. The topological polar surface area (TPSA) is 59.0 Å². The molecule has 2 heterocycles. The second kappa shape index (κ2) is 7.28. The van der Waals surface area contributed by atoms with E-state index in [1.54, 1.807) is 12.5 Å². The Morgan fingerprint density at radius 1 is 1.63 bits per heavy atom. The minimum atomic E-state index is 0.165. The van der Waals surface area contributed by atoms with Crippen LogP contribution in [0.3, 0.4) is 0 Å². The number of rotatable bonds is 6. The van der Waals surface area contributed by atoms with Crippen molar-refractivity contribution in [2.24, 2.45) is 11.8 Å². The lowest BCUT2D eigenvalue weighted by Gasteiger charge is -2.28. The maximum atomic E-state index is 11.9. The smallest absolute Gasteiger partial charge is 0.220 e. The summed E-state index contributed by atoms with van der Waals surface area (Å²) >= 11 is 0. The number of nitrogens with one attached hydrogen (secondary N) is 2. The number of carbonyl (C=O) groups excluding carboxylic acids is 1. The van der Waals surface area contributed by atoms with Gasteiger partial charge >= 0.3 is 0 Å². The lowest BCUT2D eigenvalue weighted by Crippen LogP contribution is -2.36. The van der Waals surface area contributed by atoms with Crippen LogP contribution in [0.15, 0.2) is 18.7 Å². The third-order valence-corrected chi connectivity index (χ3v) is 3.90. The standard InChI is InChI=1S/C14H24N4O/c1-12(13-3-2-4-15-10-13)9-14(19)17-6-8-18-7-5-16-11-18/h5,7,11-13,15H,2-4,6,8-10H2,1H3,(H,17,19). The van der Waals surface area contributed by atoms with Gasteiger partial charge in [0.25, 0.3) is 0 Å². The van der Waals surface area contributed by atoms with Crippen molar-refractivity contribution < 1.29 is 4.79 Å². The Bertz CT molecular complexity index is 371. The average molecular weight is 264 g/mol. The molecule has 0 spiro atoms. The summed E-state index contributed by atoms with van der Waals surface area (Å²) in [7, 11) is 0. The summed E-state index contributed by atoms with van der Waals surface area (Å²) in [4.78, 5) is 15.8. The molecule has 1 saturated heterocycles. The second-order valence-corrected chi connectivity index (χ2v) is 5.44. The molecule has 1 aliphatic heterocycles. The number of amides is 1. The first-order valence-electron chi connectivity index (χ1n) is 7.19. The molecule has 0 radical (unpaired) electrons. The van der Waals surface area contributed by atoms with Gasteiger partial charge in [-0.05, 0) is 37.8 Å². The summed E-state index contributed by atoms with van der Waals surface area (Å²) < 4.78 is 1.97. The van der Waals surface area contributed by atoms with Gasteiger partial charge in [0, 0.05) is 31.9 Å². The van der Waals surface area contributed by atoms with Crippen LogP contribution in [0.25, 0.3) is 0 Å². The van der Waals surface area contributed by atoms with Gasteiger partial charge in [0.05, 0.1) is 6.33 Å². The van der Waals surface area contributed by atoms with Gasteiger partial charge in [0.2, 0.25) is 5.91 Å². The van der Waals surface area contributed by atoms with Crippen molar-refractivity contribution in [3.63, 3.8) is 0 Å². The third-order valence-electron chi connectivity index (χ3n) is 3.90. The Labute approximate surface area is 114 Å². The Hall–Kier alpha value is -1.36. The molecule has 2 atom stereocenters. The fraction of sp³-hybridized carbons (Fsp3) is 0.714. The molecule has 5 nitrogen and oxygen atoms in total. The second-order valence-electron chi connectivity index (χ2n) is 5.44. The van der Waals surface area contributed by atoms with Crippen molar-refractivity contribution in [1.82, 2.24) is 20.2 Å². The van der Waals surface area contributed by atoms with Crippen molar-refractivity contribution in [3.05, 3.63) is 18.7 Å². The van der Waals surface area contributed by atoms with E-state index < -0.39 is 0 Å². The van der Waals surface area contributed by atoms with Gasteiger partial charge in [-0.25, -0.2) is 4.98 Å².